The van der Waals surface area contributed by atoms with E-state index in [2.05, 4.69) is 20.9 Å². The summed E-state index contributed by atoms with van der Waals surface area (Å²) in [7, 11) is 0. The van der Waals surface area contributed by atoms with E-state index < -0.39 is 0 Å². The molecule has 0 amide bonds. The van der Waals surface area contributed by atoms with E-state index in [0.717, 1.165) is 0 Å². The molecule has 0 saturated carbocycles. The van der Waals surface area contributed by atoms with Crippen LogP contribution in [0.5, 0.6) is 11.6 Å². The number of nitrogens with zero attached hydrogens (tertiary/aromatic N) is 1. The second-order valence-corrected chi connectivity index (χ2v) is 4.36. The third-order valence-corrected chi connectivity index (χ3v) is 2.83. The Morgan fingerprint density at radius 2 is 2.06 bits per heavy atom. The number of halogens is 2. The van der Waals surface area contributed by atoms with Crippen LogP contribution in [0.2, 0.25) is 0 Å². The molecule has 1 aromatic carbocycles. The van der Waals surface area contributed by atoms with Crippen molar-refractivity contribution < 1.29 is 9.13 Å². The highest BCUT2D eigenvalue weighted by Gasteiger charge is 2.06. The minimum Gasteiger partial charge on any atom is -0.438 e. The smallest absolute Gasteiger partial charge is 0.219 e. The zero-order valence-corrected chi connectivity index (χ0v) is 10.7. The number of nitrogens with two attached hydrogens (primary N) is 1. The van der Waals surface area contributed by atoms with Gasteiger partial charge in [-0.15, -0.1) is 0 Å². The second-order valence-electron chi connectivity index (χ2n) is 3.50. The molecule has 1 heterocycles. The van der Waals surface area contributed by atoms with Gasteiger partial charge in [0.25, 0.3) is 0 Å². The SMILES string of the molecule is Cc1nc(Oc2ccc(F)cc2Br)ccc1N. The van der Waals surface area contributed by atoms with E-state index in [0.29, 0.717) is 27.5 Å². The number of aryl methyl sites for hydroxylation is 1. The summed E-state index contributed by atoms with van der Waals surface area (Å²) in [6.45, 7) is 1.79. The van der Waals surface area contributed by atoms with Crippen LogP contribution < -0.4 is 10.5 Å². The Bertz CT molecular complexity index is 560. The van der Waals surface area contributed by atoms with Crippen LogP contribution in [-0.4, -0.2) is 4.98 Å². The molecule has 2 aromatic rings. The molecule has 0 aliphatic rings. The third-order valence-electron chi connectivity index (χ3n) is 2.21. The highest BCUT2D eigenvalue weighted by Crippen LogP contribution is 2.29. The molecule has 0 aliphatic heterocycles. The molecule has 2 rings (SSSR count). The van der Waals surface area contributed by atoms with Crippen LogP contribution >= 0.6 is 15.9 Å². The van der Waals surface area contributed by atoms with Gasteiger partial charge >= 0.3 is 0 Å². The maximum atomic E-state index is 12.9. The first-order chi connectivity index (χ1) is 8.06. The van der Waals surface area contributed by atoms with Crippen molar-refractivity contribution in [3.8, 4) is 11.6 Å². The van der Waals surface area contributed by atoms with E-state index in [1.165, 1.54) is 18.2 Å². The predicted molar refractivity (Wildman–Crippen MR) is 67.6 cm³/mol. The van der Waals surface area contributed by atoms with Gasteiger partial charge in [-0.05, 0) is 47.1 Å². The fourth-order valence-corrected chi connectivity index (χ4v) is 1.71. The molecule has 0 radical (unpaired) electrons. The van der Waals surface area contributed by atoms with Gasteiger partial charge in [0.05, 0.1) is 15.9 Å². The summed E-state index contributed by atoms with van der Waals surface area (Å²) >= 11 is 3.22. The molecular weight excluding hydrogens is 287 g/mol. The van der Waals surface area contributed by atoms with Gasteiger partial charge in [-0.25, -0.2) is 9.37 Å². The molecule has 0 aliphatic carbocycles. The van der Waals surface area contributed by atoms with Crippen molar-refractivity contribution >= 4 is 21.6 Å². The Kier molecular flexibility index (Phi) is 3.28. The van der Waals surface area contributed by atoms with Crippen molar-refractivity contribution in [1.29, 1.82) is 0 Å². The summed E-state index contributed by atoms with van der Waals surface area (Å²) in [5.41, 5.74) is 6.96. The Labute approximate surface area is 107 Å². The summed E-state index contributed by atoms with van der Waals surface area (Å²) < 4.78 is 18.9. The van der Waals surface area contributed by atoms with Crippen LogP contribution in [0.3, 0.4) is 0 Å². The number of ether oxygens (including phenoxy) is 1. The largest absolute Gasteiger partial charge is 0.438 e. The fourth-order valence-electron chi connectivity index (χ4n) is 1.28. The molecule has 0 bridgehead atoms. The molecular formula is C12H10BrFN2O. The number of hydrogen-bond donors (Lipinski definition) is 1. The molecule has 0 spiro atoms. The van der Waals surface area contributed by atoms with Crippen LogP contribution in [0.25, 0.3) is 0 Å². The molecule has 88 valence electrons. The van der Waals surface area contributed by atoms with Crippen LogP contribution in [-0.2, 0) is 0 Å². The zero-order chi connectivity index (χ0) is 12.4. The molecule has 0 saturated heterocycles. The second kappa shape index (κ2) is 4.71. The zero-order valence-electron chi connectivity index (χ0n) is 9.08. The highest BCUT2D eigenvalue weighted by atomic mass is 79.9. The molecule has 1 aromatic heterocycles. The molecule has 0 unspecified atom stereocenters. The lowest BCUT2D eigenvalue weighted by Gasteiger charge is -2.08. The van der Waals surface area contributed by atoms with E-state index in [1.54, 1.807) is 19.1 Å². The van der Waals surface area contributed by atoms with Crippen molar-refractivity contribution in [2.75, 3.05) is 5.73 Å². The van der Waals surface area contributed by atoms with Crippen LogP contribution in [0, 0.1) is 12.7 Å². The van der Waals surface area contributed by atoms with Crippen molar-refractivity contribution in [1.82, 2.24) is 4.98 Å². The molecule has 3 nitrogen and oxygen atoms in total. The standard InChI is InChI=1S/C12H10BrFN2O/c1-7-10(15)3-5-12(16-7)17-11-4-2-8(14)6-9(11)13/h2-6H,15H2,1H3. The topological polar surface area (TPSA) is 48.1 Å². The summed E-state index contributed by atoms with van der Waals surface area (Å²) in [6, 6.07) is 7.57. The molecule has 0 fully saturated rings. The third kappa shape index (κ3) is 2.74. The normalized spacial score (nSPS) is 10.3. The van der Waals surface area contributed by atoms with E-state index >= 15 is 0 Å². The van der Waals surface area contributed by atoms with Crippen LogP contribution in [0.15, 0.2) is 34.8 Å². The van der Waals surface area contributed by atoms with Gasteiger partial charge in [0, 0.05) is 6.07 Å². The lowest BCUT2D eigenvalue weighted by atomic mass is 10.3. The maximum Gasteiger partial charge on any atom is 0.219 e. The van der Waals surface area contributed by atoms with Crippen molar-refractivity contribution in [2.24, 2.45) is 0 Å². The van der Waals surface area contributed by atoms with Crippen molar-refractivity contribution in [3.05, 3.63) is 46.3 Å². The first-order valence-electron chi connectivity index (χ1n) is 4.92. The maximum absolute atomic E-state index is 12.9. The number of pyridine rings is 1. The molecule has 2 N–H and O–H groups in total. The minimum absolute atomic E-state index is 0.328. The predicted octanol–water partition coefficient (Wildman–Crippen LogP) is 3.67. The van der Waals surface area contributed by atoms with E-state index in [4.69, 9.17) is 10.5 Å². The van der Waals surface area contributed by atoms with Crippen molar-refractivity contribution in [2.45, 2.75) is 6.92 Å². The summed E-state index contributed by atoms with van der Waals surface area (Å²) in [5.74, 6) is 0.595. The molecule has 0 atom stereocenters. The molecule has 5 heteroatoms. The Hall–Kier alpha value is -1.62. The first-order valence-corrected chi connectivity index (χ1v) is 5.71. The molecule has 17 heavy (non-hydrogen) atoms. The van der Waals surface area contributed by atoms with Gasteiger partial charge < -0.3 is 10.5 Å². The number of anilines is 1. The number of hydrogen-bond acceptors (Lipinski definition) is 3. The minimum atomic E-state index is -0.328. The Balaban J connectivity index is 2.28. The van der Waals surface area contributed by atoms with E-state index in [1.807, 2.05) is 0 Å². The van der Waals surface area contributed by atoms with Gasteiger partial charge in [-0.2, -0.15) is 0 Å². The number of benzene rings is 1. The van der Waals surface area contributed by atoms with E-state index in [9.17, 15) is 4.39 Å². The van der Waals surface area contributed by atoms with Gasteiger partial charge in [0.15, 0.2) is 0 Å². The Morgan fingerprint density at radius 3 is 2.71 bits per heavy atom. The van der Waals surface area contributed by atoms with Crippen molar-refractivity contribution in [3.63, 3.8) is 0 Å². The number of aromatic nitrogens is 1. The van der Waals surface area contributed by atoms with Crippen LogP contribution in [0.1, 0.15) is 5.69 Å². The average Bonchev–Trinajstić information content (AvgIpc) is 2.27. The lowest BCUT2D eigenvalue weighted by Crippen LogP contribution is -1.95. The quantitative estimate of drug-likeness (QED) is 0.920. The number of nitrogen functional groups attached to an aromatic ring is 1. The van der Waals surface area contributed by atoms with Gasteiger partial charge in [0.1, 0.15) is 11.6 Å². The highest BCUT2D eigenvalue weighted by molar-refractivity contribution is 9.10. The monoisotopic (exact) mass is 296 g/mol. The fraction of sp³-hybridized carbons (Fsp3) is 0.0833. The summed E-state index contributed by atoms with van der Waals surface area (Å²) in [5, 5.41) is 0. The van der Waals surface area contributed by atoms with Crippen LogP contribution in [0.4, 0.5) is 10.1 Å². The summed E-state index contributed by atoms with van der Waals surface area (Å²) in [4.78, 5) is 4.17. The van der Waals surface area contributed by atoms with Gasteiger partial charge in [-0.3, -0.25) is 0 Å². The Morgan fingerprint density at radius 1 is 1.29 bits per heavy atom. The van der Waals surface area contributed by atoms with Gasteiger partial charge in [0.2, 0.25) is 5.88 Å². The summed E-state index contributed by atoms with van der Waals surface area (Å²) in [6.07, 6.45) is 0. The first kappa shape index (κ1) is 11.9. The number of rotatable bonds is 2. The average molecular weight is 297 g/mol. The lowest BCUT2D eigenvalue weighted by molar-refractivity contribution is 0.457. The van der Waals surface area contributed by atoms with Gasteiger partial charge in [-0.1, -0.05) is 0 Å². The van der Waals surface area contributed by atoms with E-state index in [-0.39, 0.29) is 5.82 Å².